The van der Waals surface area contributed by atoms with Gasteiger partial charge < -0.3 is 10.1 Å². The van der Waals surface area contributed by atoms with Gasteiger partial charge in [0.1, 0.15) is 6.10 Å². The van der Waals surface area contributed by atoms with Gasteiger partial charge in [-0.1, -0.05) is 20.8 Å². The van der Waals surface area contributed by atoms with Gasteiger partial charge in [-0.05, 0) is 30.5 Å². The van der Waals surface area contributed by atoms with Gasteiger partial charge >= 0.3 is 0 Å². The van der Waals surface area contributed by atoms with Crippen molar-refractivity contribution in [1.29, 1.82) is 0 Å². The predicted octanol–water partition coefficient (Wildman–Crippen LogP) is 2.58. The first-order chi connectivity index (χ1) is 8.16. The van der Waals surface area contributed by atoms with E-state index < -0.39 is 0 Å². The van der Waals surface area contributed by atoms with Gasteiger partial charge in [0, 0.05) is 24.7 Å². The van der Waals surface area contributed by atoms with Gasteiger partial charge in [-0.25, -0.2) is 4.98 Å². The van der Waals surface area contributed by atoms with Crippen molar-refractivity contribution < 1.29 is 4.74 Å². The van der Waals surface area contributed by atoms with Gasteiger partial charge in [0.25, 0.3) is 0 Å². The van der Waals surface area contributed by atoms with E-state index >= 15 is 0 Å². The van der Waals surface area contributed by atoms with Crippen LogP contribution in [0.1, 0.15) is 38.7 Å². The van der Waals surface area contributed by atoms with E-state index in [1.807, 2.05) is 6.20 Å². The summed E-state index contributed by atoms with van der Waals surface area (Å²) >= 11 is 0. The van der Waals surface area contributed by atoms with Crippen LogP contribution in [0.3, 0.4) is 0 Å². The molecule has 1 N–H and O–H groups in total. The summed E-state index contributed by atoms with van der Waals surface area (Å²) in [6.07, 6.45) is 3.21. The van der Waals surface area contributed by atoms with Crippen LogP contribution in [0.4, 0.5) is 0 Å². The van der Waals surface area contributed by atoms with Crippen LogP contribution >= 0.6 is 0 Å². The third kappa shape index (κ3) is 3.19. The summed E-state index contributed by atoms with van der Waals surface area (Å²) in [4.78, 5) is 4.31. The maximum absolute atomic E-state index is 6.01. The van der Waals surface area contributed by atoms with E-state index in [0.717, 1.165) is 25.4 Å². The zero-order valence-electron chi connectivity index (χ0n) is 10.9. The summed E-state index contributed by atoms with van der Waals surface area (Å²) in [5.74, 6) is 1.84. The molecule has 0 amide bonds. The van der Waals surface area contributed by atoms with Crippen molar-refractivity contribution in [3.63, 3.8) is 0 Å². The monoisotopic (exact) mass is 234 g/mol. The van der Waals surface area contributed by atoms with E-state index in [0.29, 0.717) is 17.9 Å². The van der Waals surface area contributed by atoms with Gasteiger partial charge in [0.2, 0.25) is 5.88 Å². The highest BCUT2D eigenvalue weighted by molar-refractivity contribution is 5.23. The maximum atomic E-state index is 6.01. The van der Waals surface area contributed by atoms with Crippen LogP contribution in [0.5, 0.6) is 5.88 Å². The smallest absolute Gasteiger partial charge is 0.213 e. The summed E-state index contributed by atoms with van der Waals surface area (Å²) in [5.41, 5.74) is 1.29. The van der Waals surface area contributed by atoms with Crippen LogP contribution in [-0.4, -0.2) is 24.2 Å². The van der Waals surface area contributed by atoms with Gasteiger partial charge in [0.15, 0.2) is 0 Å². The molecule has 0 bridgehead atoms. The van der Waals surface area contributed by atoms with E-state index in [9.17, 15) is 0 Å². The highest BCUT2D eigenvalue weighted by Crippen LogP contribution is 2.21. The SMILES string of the molecule is CC(C)c1ccnc(O[C@H]2CCNC[C@H]2C)c1. The van der Waals surface area contributed by atoms with Crippen LogP contribution < -0.4 is 10.1 Å². The molecule has 1 aromatic heterocycles. The molecule has 1 aromatic rings. The van der Waals surface area contributed by atoms with Crippen LogP contribution in [0.15, 0.2) is 18.3 Å². The Bertz CT molecular complexity index is 365. The second-order valence-electron chi connectivity index (χ2n) is 5.21. The van der Waals surface area contributed by atoms with Crippen molar-refractivity contribution in [2.75, 3.05) is 13.1 Å². The van der Waals surface area contributed by atoms with Crippen molar-refractivity contribution in [3.8, 4) is 5.88 Å². The first-order valence-corrected chi connectivity index (χ1v) is 6.50. The molecular weight excluding hydrogens is 212 g/mol. The third-order valence-electron chi connectivity index (χ3n) is 3.40. The Morgan fingerprint density at radius 2 is 2.29 bits per heavy atom. The standard InChI is InChI=1S/C14H22N2O/c1-10(2)12-4-7-16-14(8-12)17-13-5-6-15-9-11(13)3/h4,7-8,10-11,13,15H,5-6,9H2,1-3H3/t11-,13+/m1/s1. The van der Waals surface area contributed by atoms with E-state index in [2.05, 4.69) is 43.2 Å². The zero-order chi connectivity index (χ0) is 12.3. The Morgan fingerprint density at radius 3 is 3.00 bits per heavy atom. The number of pyridine rings is 1. The summed E-state index contributed by atoms with van der Waals surface area (Å²) in [6.45, 7) is 8.68. The van der Waals surface area contributed by atoms with E-state index in [1.165, 1.54) is 5.56 Å². The topological polar surface area (TPSA) is 34.1 Å². The molecule has 0 aliphatic carbocycles. The molecule has 2 atom stereocenters. The lowest BCUT2D eigenvalue weighted by molar-refractivity contribution is 0.106. The second kappa shape index (κ2) is 5.50. The molecule has 1 fully saturated rings. The van der Waals surface area contributed by atoms with Crippen LogP contribution in [0, 0.1) is 5.92 Å². The number of hydrogen-bond donors (Lipinski definition) is 1. The fourth-order valence-corrected chi connectivity index (χ4v) is 2.17. The Hall–Kier alpha value is -1.09. The van der Waals surface area contributed by atoms with Crippen molar-refractivity contribution in [2.24, 2.45) is 5.92 Å². The first kappa shape index (κ1) is 12.4. The zero-order valence-corrected chi connectivity index (χ0v) is 10.9. The van der Waals surface area contributed by atoms with Gasteiger partial charge in [0.05, 0.1) is 0 Å². The molecule has 3 nitrogen and oxygen atoms in total. The Labute approximate surface area is 104 Å². The Kier molecular flexibility index (Phi) is 4.00. The maximum Gasteiger partial charge on any atom is 0.213 e. The molecular formula is C14H22N2O. The highest BCUT2D eigenvalue weighted by Gasteiger charge is 2.23. The summed E-state index contributed by atoms with van der Waals surface area (Å²) < 4.78 is 6.01. The highest BCUT2D eigenvalue weighted by atomic mass is 16.5. The van der Waals surface area contributed by atoms with Gasteiger partial charge in [-0.2, -0.15) is 0 Å². The molecule has 94 valence electrons. The minimum atomic E-state index is 0.297. The lowest BCUT2D eigenvalue weighted by Gasteiger charge is -2.29. The fraction of sp³-hybridized carbons (Fsp3) is 0.643. The minimum Gasteiger partial charge on any atom is -0.474 e. The average Bonchev–Trinajstić information content (AvgIpc) is 2.32. The van der Waals surface area contributed by atoms with Gasteiger partial charge in [-0.3, -0.25) is 0 Å². The van der Waals surface area contributed by atoms with E-state index in [4.69, 9.17) is 4.74 Å². The van der Waals surface area contributed by atoms with Crippen molar-refractivity contribution in [3.05, 3.63) is 23.9 Å². The molecule has 1 aliphatic heterocycles. The van der Waals surface area contributed by atoms with Crippen molar-refractivity contribution in [2.45, 2.75) is 39.2 Å². The Balaban J connectivity index is 2.04. The quantitative estimate of drug-likeness (QED) is 0.873. The molecule has 3 heteroatoms. The normalized spacial score (nSPS) is 24.9. The molecule has 2 rings (SSSR count). The molecule has 1 saturated heterocycles. The largest absolute Gasteiger partial charge is 0.474 e. The summed E-state index contributed by atoms with van der Waals surface area (Å²) in [5, 5.41) is 3.38. The second-order valence-corrected chi connectivity index (χ2v) is 5.21. The third-order valence-corrected chi connectivity index (χ3v) is 3.40. The molecule has 0 radical (unpaired) electrons. The number of piperidine rings is 1. The molecule has 0 saturated carbocycles. The summed E-state index contributed by atoms with van der Waals surface area (Å²) in [7, 11) is 0. The average molecular weight is 234 g/mol. The molecule has 1 aliphatic rings. The number of aromatic nitrogens is 1. The molecule has 17 heavy (non-hydrogen) atoms. The molecule has 0 unspecified atom stereocenters. The molecule has 0 aromatic carbocycles. The van der Waals surface area contributed by atoms with E-state index in [-0.39, 0.29) is 0 Å². The van der Waals surface area contributed by atoms with Crippen molar-refractivity contribution >= 4 is 0 Å². The number of nitrogens with zero attached hydrogens (tertiary/aromatic N) is 1. The van der Waals surface area contributed by atoms with Crippen LogP contribution in [0.2, 0.25) is 0 Å². The lowest BCUT2D eigenvalue weighted by Crippen LogP contribution is -2.41. The van der Waals surface area contributed by atoms with Crippen LogP contribution in [0.25, 0.3) is 0 Å². The molecule has 0 spiro atoms. The Morgan fingerprint density at radius 1 is 1.47 bits per heavy atom. The fourth-order valence-electron chi connectivity index (χ4n) is 2.17. The van der Waals surface area contributed by atoms with Crippen molar-refractivity contribution in [1.82, 2.24) is 10.3 Å². The predicted molar refractivity (Wildman–Crippen MR) is 69.4 cm³/mol. The van der Waals surface area contributed by atoms with Gasteiger partial charge in [-0.15, -0.1) is 0 Å². The van der Waals surface area contributed by atoms with Crippen LogP contribution in [-0.2, 0) is 0 Å². The summed E-state index contributed by atoms with van der Waals surface area (Å²) in [6, 6.07) is 4.13. The molecule has 2 heterocycles. The number of ether oxygens (including phenoxy) is 1. The number of nitrogens with one attached hydrogen (secondary N) is 1. The number of rotatable bonds is 3. The number of hydrogen-bond acceptors (Lipinski definition) is 3. The lowest BCUT2D eigenvalue weighted by atomic mass is 9.98. The minimum absolute atomic E-state index is 0.297. The first-order valence-electron chi connectivity index (χ1n) is 6.50. The van der Waals surface area contributed by atoms with E-state index in [1.54, 1.807) is 0 Å².